The van der Waals surface area contributed by atoms with E-state index in [0.29, 0.717) is 12.1 Å². The zero-order chi connectivity index (χ0) is 21.8. The van der Waals surface area contributed by atoms with Gasteiger partial charge in [-0.15, -0.1) is 0 Å². The van der Waals surface area contributed by atoms with Crippen molar-refractivity contribution in [1.29, 1.82) is 5.26 Å². The summed E-state index contributed by atoms with van der Waals surface area (Å²) in [6.45, 7) is 4.08. The molecule has 1 atom stereocenters. The molecule has 0 amide bonds. The van der Waals surface area contributed by atoms with Crippen molar-refractivity contribution in [3.05, 3.63) is 89.5 Å². The molecular weight excluding hydrogens is 406 g/mol. The van der Waals surface area contributed by atoms with E-state index in [9.17, 15) is 13.7 Å². The quantitative estimate of drug-likeness (QED) is 0.638. The summed E-state index contributed by atoms with van der Waals surface area (Å²) < 4.78 is 28.3. The van der Waals surface area contributed by atoms with Crippen molar-refractivity contribution in [3.8, 4) is 17.2 Å². The van der Waals surface area contributed by atoms with Crippen LogP contribution < -0.4 is 4.72 Å². The Morgan fingerprint density at radius 2 is 1.74 bits per heavy atom. The Morgan fingerprint density at radius 1 is 1.03 bits per heavy atom. The highest BCUT2D eigenvalue weighted by atomic mass is 32.2. The number of hydrogen-bond acceptors (Lipinski definition) is 4. The molecule has 31 heavy (non-hydrogen) atoms. The van der Waals surface area contributed by atoms with Gasteiger partial charge in [-0.25, -0.2) is 13.1 Å². The molecule has 4 rings (SSSR count). The molecule has 0 spiro atoms. The fourth-order valence-electron chi connectivity index (χ4n) is 3.94. The third-order valence-electron chi connectivity index (χ3n) is 5.70. The Labute approximate surface area is 184 Å². The third kappa shape index (κ3) is 5.02. The lowest BCUT2D eigenvalue weighted by Gasteiger charge is -2.17. The van der Waals surface area contributed by atoms with E-state index in [2.05, 4.69) is 46.0 Å². The number of likely N-dealkylation sites (tertiary alicyclic amines) is 1. The van der Waals surface area contributed by atoms with Gasteiger partial charge >= 0.3 is 0 Å². The molecule has 1 N–H and O–H groups in total. The van der Waals surface area contributed by atoms with Crippen molar-refractivity contribution in [1.82, 2.24) is 9.62 Å². The molecule has 0 saturated carbocycles. The molecule has 1 fully saturated rings. The second-order valence-electron chi connectivity index (χ2n) is 7.99. The average molecular weight is 432 g/mol. The molecule has 0 radical (unpaired) electrons. The van der Waals surface area contributed by atoms with Gasteiger partial charge in [-0.05, 0) is 47.7 Å². The molecule has 0 bridgehead atoms. The molecule has 0 unspecified atom stereocenters. The normalized spacial score (nSPS) is 16.8. The lowest BCUT2D eigenvalue weighted by Crippen LogP contribution is -2.37. The van der Waals surface area contributed by atoms with Gasteiger partial charge in [0.2, 0.25) is 10.0 Å². The van der Waals surface area contributed by atoms with Gasteiger partial charge in [0, 0.05) is 25.7 Å². The van der Waals surface area contributed by atoms with E-state index in [4.69, 9.17) is 0 Å². The summed E-state index contributed by atoms with van der Waals surface area (Å²) in [5.74, 6) is 0. The molecule has 3 aromatic rings. The van der Waals surface area contributed by atoms with Crippen LogP contribution >= 0.6 is 0 Å². The molecule has 158 valence electrons. The molecule has 0 aliphatic carbocycles. The van der Waals surface area contributed by atoms with E-state index in [1.54, 1.807) is 19.1 Å². The minimum absolute atomic E-state index is 0.138. The topological polar surface area (TPSA) is 73.2 Å². The zero-order valence-corrected chi connectivity index (χ0v) is 18.3. The summed E-state index contributed by atoms with van der Waals surface area (Å²) in [6.07, 6.45) is 0.762. The van der Waals surface area contributed by atoms with Crippen LogP contribution in [0.5, 0.6) is 0 Å². The van der Waals surface area contributed by atoms with Gasteiger partial charge in [-0.1, -0.05) is 60.7 Å². The van der Waals surface area contributed by atoms with Crippen molar-refractivity contribution in [2.75, 3.05) is 13.1 Å². The van der Waals surface area contributed by atoms with Gasteiger partial charge in [-0.2, -0.15) is 5.26 Å². The summed E-state index contributed by atoms with van der Waals surface area (Å²) in [7, 11) is -3.65. The van der Waals surface area contributed by atoms with Gasteiger partial charge in [0.25, 0.3) is 0 Å². The van der Waals surface area contributed by atoms with E-state index in [-0.39, 0.29) is 10.9 Å². The second kappa shape index (κ2) is 9.03. The second-order valence-corrected chi connectivity index (χ2v) is 9.71. The Bertz CT molecular complexity index is 1200. The summed E-state index contributed by atoms with van der Waals surface area (Å²) in [5, 5.41) is 9.18. The minimum atomic E-state index is -3.65. The fourth-order valence-corrected chi connectivity index (χ4v) is 5.23. The summed E-state index contributed by atoms with van der Waals surface area (Å²) in [5.41, 5.74) is 4.74. The lowest BCUT2D eigenvalue weighted by molar-refractivity contribution is 0.324. The maximum Gasteiger partial charge on any atom is 0.240 e. The number of nitrogens with zero attached hydrogens (tertiary/aromatic N) is 2. The number of sulfonamides is 1. The van der Waals surface area contributed by atoms with Gasteiger partial charge in [-0.3, -0.25) is 4.90 Å². The van der Waals surface area contributed by atoms with Crippen molar-refractivity contribution in [3.63, 3.8) is 0 Å². The molecule has 1 saturated heterocycles. The molecule has 1 heterocycles. The molecule has 5 nitrogen and oxygen atoms in total. The number of aryl methyl sites for hydroxylation is 1. The monoisotopic (exact) mass is 431 g/mol. The summed E-state index contributed by atoms with van der Waals surface area (Å²) in [6, 6.07) is 25.4. The Balaban J connectivity index is 1.37. The number of rotatable bonds is 6. The van der Waals surface area contributed by atoms with Crippen molar-refractivity contribution in [2.45, 2.75) is 30.8 Å². The summed E-state index contributed by atoms with van der Waals surface area (Å²) in [4.78, 5) is 2.41. The first kappa shape index (κ1) is 21.3. The van der Waals surface area contributed by atoms with Gasteiger partial charge in [0.1, 0.15) is 0 Å². The average Bonchev–Trinajstić information content (AvgIpc) is 3.21. The number of nitriles is 1. The Hall–Kier alpha value is -2.98. The smallest absolute Gasteiger partial charge is 0.240 e. The lowest BCUT2D eigenvalue weighted by atomic mass is 10.0. The van der Waals surface area contributed by atoms with Gasteiger partial charge < -0.3 is 0 Å². The first-order valence-corrected chi connectivity index (χ1v) is 11.8. The standard InChI is InChI=1S/C25H25N3O2S/c1-19-7-12-25(15-23(19)16-26)31(29,30)27-24-13-14-28(18-24)17-20-8-10-22(11-9-20)21-5-3-2-4-6-21/h2-12,15,24,27H,13-14,17-18H2,1H3/t24-/m1/s1. The van der Waals surface area contributed by atoms with Crippen LogP contribution in [0.15, 0.2) is 77.7 Å². The SMILES string of the molecule is Cc1ccc(S(=O)(=O)N[C@@H]2CCN(Cc3ccc(-c4ccccc4)cc3)C2)cc1C#N. The Kier molecular flexibility index (Phi) is 6.19. The van der Waals surface area contributed by atoms with Crippen LogP contribution in [0, 0.1) is 18.3 Å². The van der Waals surface area contributed by atoms with Crippen LogP contribution in [0.25, 0.3) is 11.1 Å². The highest BCUT2D eigenvalue weighted by Crippen LogP contribution is 2.22. The maximum absolute atomic E-state index is 12.8. The van der Waals surface area contributed by atoms with E-state index in [1.165, 1.54) is 22.8 Å². The van der Waals surface area contributed by atoms with E-state index in [1.807, 2.05) is 24.3 Å². The summed E-state index contributed by atoms with van der Waals surface area (Å²) >= 11 is 0. The van der Waals surface area contributed by atoms with Crippen molar-refractivity contribution >= 4 is 10.0 Å². The Morgan fingerprint density at radius 3 is 2.45 bits per heavy atom. The molecular formula is C25H25N3O2S. The van der Waals surface area contributed by atoms with Crippen LogP contribution in [0.4, 0.5) is 0 Å². The number of hydrogen-bond donors (Lipinski definition) is 1. The van der Waals surface area contributed by atoms with Crippen LogP contribution in [-0.4, -0.2) is 32.4 Å². The molecule has 1 aliphatic rings. The minimum Gasteiger partial charge on any atom is -0.297 e. The fraction of sp³-hybridized carbons (Fsp3) is 0.240. The van der Waals surface area contributed by atoms with E-state index in [0.717, 1.165) is 25.1 Å². The molecule has 1 aliphatic heterocycles. The highest BCUT2D eigenvalue weighted by molar-refractivity contribution is 7.89. The largest absolute Gasteiger partial charge is 0.297 e. The first-order valence-electron chi connectivity index (χ1n) is 10.3. The maximum atomic E-state index is 12.8. The van der Waals surface area contributed by atoms with Gasteiger partial charge in [0.05, 0.1) is 16.5 Å². The molecule has 3 aromatic carbocycles. The number of nitrogens with one attached hydrogen (secondary N) is 1. The first-order chi connectivity index (χ1) is 14.9. The van der Waals surface area contributed by atoms with E-state index < -0.39 is 10.0 Å². The van der Waals surface area contributed by atoms with Crippen LogP contribution in [0.1, 0.15) is 23.1 Å². The third-order valence-corrected chi connectivity index (χ3v) is 7.22. The zero-order valence-electron chi connectivity index (χ0n) is 17.5. The van der Waals surface area contributed by atoms with Crippen molar-refractivity contribution in [2.24, 2.45) is 0 Å². The predicted octanol–water partition coefficient (Wildman–Crippen LogP) is 4.09. The van der Waals surface area contributed by atoms with Gasteiger partial charge in [0.15, 0.2) is 0 Å². The highest BCUT2D eigenvalue weighted by Gasteiger charge is 2.27. The van der Waals surface area contributed by atoms with Crippen molar-refractivity contribution < 1.29 is 8.42 Å². The molecule has 6 heteroatoms. The van der Waals surface area contributed by atoms with E-state index >= 15 is 0 Å². The molecule has 0 aromatic heterocycles. The predicted molar refractivity (Wildman–Crippen MR) is 122 cm³/mol. The van der Waals surface area contributed by atoms with Crippen LogP contribution in [0.2, 0.25) is 0 Å². The van der Waals surface area contributed by atoms with Crippen LogP contribution in [-0.2, 0) is 16.6 Å². The number of benzene rings is 3. The van der Waals surface area contributed by atoms with Crippen LogP contribution in [0.3, 0.4) is 0 Å².